The summed E-state index contributed by atoms with van der Waals surface area (Å²) in [7, 11) is 0. The maximum atomic E-state index is 10.8. The summed E-state index contributed by atoms with van der Waals surface area (Å²) < 4.78 is 0.900. The molecular weight excluding hydrogens is 222 g/mol. The highest BCUT2D eigenvalue weighted by atomic mass is 35.5. The van der Waals surface area contributed by atoms with Gasteiger partial charge < -0.3 is 10.8 Å². The van der Waals surface area contributed by atoms with Crippen LogP contribution in [0.2, 0.25) is 5.02 Å². The quantitative estimate of drug-likeness (QED) is 0.788. The van der Waals surface area contributed by atoms with E-state index >= 15 is 0 Å². The number of aromatic carboxylic acids is 1. The van der Waals surface area contributed by atoms with Crippen LogP contribution in [0.1, 0.15) is 10.4 Å². The van der Waals surface area contributed by atoms with E-state index in [-0.39, 0.29) is 10.6 Å². The van der Waals surface area contributed by atoms with Crippen LogP contribution in [-0.4, -0.2) is 11.1 Å². The molecule has 14 heavy (non-hydrogen) atoms. The zero-order valence-electron chi connectivity index (χ0n) is 6.95. The van der Waals surface area contributed by atoms with Crippen molar-refractivity contribution in [2.45, 2.75) is 0 Å². The number of carbonyl (C=O) groups is 1. The molecule has 2 rings (SSSR count). The lowest BCUT2D eigenvalue weighted by molar-refractivity contribution is 0.0697. The molecule has 0 aliphatic carbocycles. The second kappa shape index (κ2) is 3.15. The van der Waals surface area contributed by atoms with Crippen LogP contribution < -0.4 is 5.73 Å². The third-order valence-corrected chi connectivity index (χ3v) is 3.22. The predicted octanol–water partition coefficient (Wildman–Crippen LogP) is 2.84. The number of halogens is 1. The fourth-order valence-corrected chi connectivity index (χ4v) is 2.46. The van der Waals surface area contributed by atoms with Crippen LogP contribution in [0.15, 0.2) is 18.2 Å². The van der Waals surface area contributed by atoms with Gasteiger partial charge >= 0.3 is 5.97 Å². The minimum absolute atomic E-state index is 0.108. The molecule has 0 saturated carbocycles. The molecule has 0 spiro atoms. The highest BCUT2D eigenvalue weighted by molar-refractivity contribution is 7.22. The Morgan fingerprint density at radius 2 is 2.21 bits per heavy atom. The minimum Gasteiger partial charge on any atom is -0.478 e. The summed E-state index contributed by atoms with van der Waals surface area (Å²) in [5.41, 5.74) is 5.71. The van der Waals surface area contributed by atoms with Gasteiger partial charge in [0.1, 0.15) is 0 Å². The van der Waals surface area contributed by atoms with Crippen molar-refractivity contribution in [3.8, 4) is 0 Å². The summed E-state index contributed by atoms with van der Waals surface area (Å²) in [5, 5.41) is 10.4. The number of benzene rings is 1. The molecule has 0 bridgehead atoms. The first-order valence-electron chi connectivity index (χ1n) is 3.80. The monoisotopic (exact) mass is 227 g/mol. The fourth-order valence-electron chi connectivity index (χ4n) is 1.26. The number of rotatable bonds is 1. The van der Waals surface area contributed by atoms with Crippen molar-refractivity contribution in [2.75, 3.05) is 5.73 Å². The number of thiophene rings is 1. The van der Waals surface area contributed by atoms with E-state index in [2.05, 4.69) is 0 Å². The van der Waals surface area contributed by atoms with Crippen molar-refractivity contribution in [1.82, 2.24) is 0 Å². The Hall–Kier alpha value is -1.26. The van der Waals surface area contributed by atoms with Gasteiger partial charge in [-0.2, -0.15) is 0 Å². The van der Waals surface area contributed by atoms with Crippen molar-refractivity contribution in [3.05, 3.63) is 28.8 Å². The Morgan fingerprint density at radius 3 is 2.86 bits per heavy atom. The molecule has 72 valence electrons. The normalized spacial score (nSPS) is 10.6. The third-order valence-electron chi connectivity index (χ3n) is 1.88. The molecule has 3 nitrogen and oxygen atoms in total. The summed E-state index contributed by atoms with van der Waals surface area (Å²) in [6.07, 6.45) is 0. The number of nitrogens with two attached hydrogens (primary N) is 1. The van der Waals surface area contributed by atoms with E-state index < -0.39 is 5.97 Å². The highest BCUT2D eigenvalue weighted by Crippen LogP contribution is 2.34. The van der Waals surface area contributed by atoms with Gasteiger partial charge in [-0.3, -0.25) is 0 Å². The first kappa shape index (κ1) is 9.30. The van der Waals surface area contributed by atoms with Crippen molar-refractivity contribution in [1.29, 1.82) is 0 Å². The van der Waals surface area contributed by atoms with E-state index in [9.17, 15) is 4.79 Å². The van der Waals surface area contributed by atoms with Crippen LogP contribution in [0, 0.1) is 0 Å². The summed E-state index contributed by atoms with van der Waals surface area (Å²) >= 11 is 7.31. The first-order chi connectivity index (χ1) is 6.59. The van der Waals surface area contributed by atoms with E-state index in [1.165, 1.54) is 17.4 Å². The molecule has 0 fully saturated rings. The van der Waals surface area contributed by atoms with Crippen LogP contribution in [0.5, 0.6) is 0 Å². The van der Waals surface area contributed by atoms with Gasteiger partial charge in [-0.1, -0.05) is 11.6 Å². The number of fused-ring (bicyclic) bond motifs is 1. The lowest BCUT2D eigenvalue weighted by Gasteiger charge is -1.98. The Bertz CT molecular complexity index is 521. The molecule has 0 radical (unpaired) electrons. The van der Waals surface area contributed by atoms with Gasteiger partial charge in [-0.05, 0) is 18.2 Å². The van der Waals surface area contributed by atoms with Gasteiger partial charge in [-0.15, -0.1) is 11.3 Å². The van der Waals surface area contributed by atoms with E-state index in [0.717, 1.165) is 4.70 Å². The summed E-state index contributed by atoms with van der Waals surface area (Å²) in [6.45, 7) is 0. The Kier molecular flexibility index (Phi) is 2.09. The first-order valence-corrected chi connectivity index (χ1v) is 5.00. The van der Waals surface area contributed by atoms with Crippen molar-refractivity contribution < 1.29 is 9.90 Å². The number of carboxylic acid groups (broad SMARTS) is 1. The van der Waals surface area contributed by atoms with Crippen LogP contribution >= 0.6 is 22.9 Å². The Labute approximate surface area is 88.7 Å². The Balaban J connectivity index is 2.80. The maximum Gasteiger partial charge on any atom is 0.337 e. The number of hydrogen-bond acceptors (Lipinski definition) is 3. The molecule has 0 aliphatic rings. The van der Waals surface area contributed by atoms with Gasteiger partial charge in [0.15, 0.2) is 0 Å². The predicted molar refractivity (Wildman–Crippen MR) is 58.2 cm³/mol. The zero-order valence-corrected chi connectivity index (χ0v) is 8.52. The average molecular weight is 228 g/mol. The SMILES string of the molecule is Nc1cc2c(Cl)c(C(=O)O)ccc2s1. The number of anilines is 1. The smallest absolute Gasteiger partial charge is 0.337 e. The molecular formula is C9H6ClNO2S. The second-order valence-corrected chi connectivity index (χ2v) is 4.29. The van der Waals surface area contributed by atoms with Crippen LogP contribution in [0.3, 0.4) is 0 Å². The van der Waals surface area contributed by atoms with E-state index in [1.807, 2.05) is 0 Å². The van der Waals surface area contributed by atoms with Crippen LogP contribution in [0.4, 0.5) is 5.00 Å². The molecule has 0 aliphatic heterocycles. The molecule has 1 heterocycles. The molecule has 0 amide bonds. The van der Waals surface area contributed by atoms with E-state index in [1.54, 1.807) is 12.1 Å². The van der Waals surface area contributed by atoms with Gasteiger partial charge in [0.05, 0.1) is 15.6 Å². The fraction of sp³-hybridized carbons (Fsp3) is 0. The van der Waals surface area contributed by atoms with Crippen molar-refractivity contribution in [3.63, 3.8) is 0 Å². The van der Waals surface area contributed by atoms with E-state index in [4.69, 9.17) is 22.4 Å². The van der Waals surface area contributed by atoms with Gasteiger partial charge in [-0.25, -0.2) is 4.79 Å². The second-order valence-electron chi connectivity index (χ2n) is 2.79. The van der Waals surface area contributed by atoms with Crippen LogP contribution in [-0.2, 0) is 0 Å². The molecule has 0 atom stereocenters. The van der Waals surface area contributed by atoms with Gasteiger partial charge in [0, 0.05) is 10.1 Å². The topological polar surface area (TPSA) is 63.3 Å². The standard InChI is InChI=1S/C9H6ClNO2S/c10-8-4(9(12)13)1-2-6-5(8)3-7(11)14-6/h1-3H,11H2,(H,12,13). The van der Waals surface area contributed by atoms with Crippen LogP contribution in [0.25, 0.3) is 10.1 Å². The number of nitrogen functional groups attached to an aromatic ring is 1. The number of carboxylic acids is 1. The molecule has 1 aromatic heterocycles. The molecule has 5 heteroatoms. The lowest BCUT2D eigenvalue weighted by Crippen LogP contribution is -1.96. The molecule has 2 aromatic rings. The van der Waals surface area contributed by atoms with Crippen molar-refractivity contribution in [2.24, 2.45) is 0 Å². The third kappa shape index (κ3) is 1.32. The summed E-state index contributed by atoms with van der Waals surface area (Å²) in [5.74, 6) is -1.03. The average Bonchev–Trinajstić information content (AvgIpc) is 2.46. The zero-order chi connectivity index (χ0) is 10.3. The molecule has 0 unspecified atom stereocenters. The lowest BCUT2D eigenvalue weighted by atomic mass is 10.1. The largest absolute Gasteiger partial charge is 0.478 e. The molecule has 3 N–H and O–H groups in total. The van der Waals surface area contributed by atoms with Gasteiger partial charge in [0.2, 0.25) is 0 Å². The number of hydrogen-bond donors (Lipinski definition) is 2. The van der Waals surface area contributed by atoms with Gasteiger partial charge in [0.25, 0.3) is 0 Å². The summed E-state index contributed by atoms with van der Waals surface area (Å²) in [6, 6.07) is 4.89. The van der Waals surface area contributed by atoms with Crippen molar-refractivity contribution >= 4 is 44.0 Å². The minimum atomic E-state index is -1.03. The summed E-state index contributed by atoms with van der Waals surface area (Å²) in [4.78, 5) is 10.8. The molecule has 0 saturated heterocycles. The van der Waals surface area contributed by atoms with E-state index in [0.29, 0.717) is 10.4 Å². The molecule has 1 aromatic carbocycles. The Morgan fingerprint density at radius 1 is 1.50 bits per heavy atom. The maximum absolute atomic E-state index is 10.8. The highest BCUT2D eigenvalue weighted by Gasteiger charge is 2.12.